The van der Waals surface area contributed by atoms with Gasteiger partial charge >= 0.3 is 5.97 Å². The number of amides is 1. The average molecular weight is 420 g/mol. The van der Waals surface area contributed by atoms with Gasteiger partial charge in [-0.25, -0.2) is 0 Å². The molecule has 1 aliphatic rings. The van der Waals surface area contributed by atoms with Gasteiger partial charge in [-0.15, -0.1) is 0 Å². The van der Waals surface area contributed by atoms with Gasteiger partial charge in [0.15, 0.2) is 6.61 Å². The van der Waals surface area contributed by atoms with Gasteiger partial charge in [0.2, 0.25) is 0 Å². The number of esters is 1. The Bertz CT molecular complexity index is 1040. The average Bonchev–Trinajstić information content (AvgIpc) is 2.76. The monoisotopic (exact) mass is 419 g/mol. The Morgan fingerprint density at radius 3 is 2.23 bits per heavy atom. The molecule has 0 bridgehead atoms. The fourth-order valence-electron chi connectivity index (χ4n) is 3.21. The first-order chi connectivity index (χ1) is 14.6. The minimum atomic E-state index is -0.469. The molecule has 4 rings (SSSR count). The molecule has 0 N–H and O–H groups in total. The van der Waals surface area contributed by atoms with Crippen molar-refractivity contribution in [3.63, 3.8) is 0 Å². The number of aryl methyl sites for hydroxylation is 1. The molecule has 152 valence electrons. The van der Waals surface area contributed by atoms with E-state index in [1.165, 1.54) is 0 Å². The van der Waals surface area contributed by atoms with Crippen LogP contribution in [0.25, 0.3) is 0 Å². The molecule has 3 aromatic rings. The molecule has 1 aliphatic heterocycles. The number of para-hydroxylation sites is 2. The third-order valence-electron chi connectivity index (χ3n) is 4.60. The number of fused-ring (bicyclic) bond motifs is 2. The Morgan fingerprint density at radius 2 is 1.57 bits per heavy atom. The molecular weight excluding hydrogens is 398 g/mol. The van der Waals surface area contributed by atoms with E-state index in [2.05, 4.69) is 0 Å². The Morgan fingerprint density at radius 1 is 0.900 bits per heavy atom. The molecule has 6 heteroatoms. The maximum absolute atomic E-state index is 13.0. The summed E-state index contributed by atoms with van der Waals surface area (Å²) in [6.45, 7) is 1.85. The summed E-state index contributed by atoms with van der Waals surface area (Å²) in [5.41, 5.74) is 2.68. The lowest BCUT2D eigenvalue weighted by Gasteiger charge is -2.30. The lowest BCUT2D eigenvalue weighted by Crippen LogP contribution is -2.32. The minimum Gasteiger partial charge on any atom is -0.493 e. The summed E-state index contributed by atoms with van der Waals surface area (Å²) in [7, 11) is 0. The number of carbonyl (C=O) groups is 2. The largest absolute Gasteiger partial charge is 0.493 e. The molecule has 1 heterocycles. The molecule has 0 aromatic heterocycles. The Balaban J connectivity index is 1.37. The third kappa shape index (κ3) is 4.49. The van der Waals surface area contributed by atoms with Crippen LogP contribution in [-0.4, -0.2) is 25.1 Å². The highest BCUT2D eigenvalue weighted by atomic mass is 32.2. The highest BCUT2D eigenvalue weighted by molar-refractivity contribution is 7.99. The van der Waals surface area contributed by atoms with Crippen molar-refractivity contribution in [2.75, 3.05) is 18.1 Å². The molecule has 0 radical (unpaired) electrons. The van der Waals surface area contributed by atoms with E-state index < -0.39 is 5.97 Å². The molecule has 0 aliphatic carbocycles. The van der Waals surface area contributed by atoms with E-state index in [0.29, 0.717) is 5.75 Å². The SMILES string of the molecule is Cc1cccc(OCCC(=O)OCC(=O)N2c3ccccc3Sc3ccccc32)c1. The molecule has 0 saturated heterocycles. The first-order valence-electron chi connectivity index (χ1n) is 9.66. The predicted molar refractivity (Wildman–Crippen MR) is 116 cm³/mol. The summed E-state index contributed by atoms with van der Waals surface area (Å²) in [5.74, 6) is -0.0509. The van der Waals surface area contributed by atoms with Crippen LogP contribution >= 0.6 is 11.8 Å². The number of benzene rings is 3. The van der Waals surface area contributed by atoms with Crippen LogP contribution in [0.2, 0.25) is 0 Å². The summed E-state index contributed by atoms with van der Waals surface area (Å²) in [6.07, 6.45) is 0.0737. The number of anilines is 2. The molecule has 5 nitrogen and oxygen atoms in total. The zero-order chi connectivity index (χ0) is 20.9. The Labute approximate surface area is 179 Å². The second-order valence-corrected chi connectivity index (χ2v) is 7.93. The first-order valence-corrected chi connectivity index (χ1v) is 10.5. The van der Waals surface area contributed by atoms with Crippen LogP contribution < -0.4 is 9.64 Å². The summed E-state index contributed by atoms with van der Waals surface area (Å²) in [5, 5.41) is 0. The van der Waals surface area contributed by atoms with E-state index in [4.69, 9.17) is 9.47 Å². The number of rotatable bonds is 6. The van der Waals surface area contributed by atoms with Crippen molar-refractivity contribution < 1.29 is 19.1 Å². The first kappa shape index (κ1) is 20.0. The van der Waals surface area contributed by atoms with Crippen molar-refractivity contribution in [3.05, 3.63) is 78.4 Å². The van der Waals surface area contributed by atoms with E-state index in [1.54, 1.807) is 16.7 Å². The molecule has 0 saturated carbocycles. The molecule has 1 amide bonds. The van der Waals surface area contributed by atoms with Gasteiger partial charge in [-0.2, -0.15) is 0 Å². The van der Waals surface area contributed by atoms with Crippen LogP contribution in [0.3, 0.4) is 0 Å². The van der Waals surface area contributed by atoms with E-state index >= 15 is 0 Å². The topological polar surface area (TPSA) is 55.8 Å². The number of nitrogens with zero attached hydrogens (tertiary/aromatic N) is 1. The van der Waals surface area contributed by atoms with Crippen LogP contribution in [0.15, 0.2) is 82.6 Å². The molecular formula is C24H21NO4S. The second-order valence-electron chi connectivity index (χ2n) is 6.84. The van der Waals surface area contributed by atoms with Crippen molar-refractivity contribution in [3.8, 4) is 5.75 Å². The van der Waals surface area contributed by atoms with Crippen LogP contribution in [0.1, 0.15) is 12.0 Å². The van der Waals surface area contributed by atoms with Gasteiger partial charge in [-0.05, 0) is 48.9 Å². The second kappa shape index (κ2) is 9.05. The standard InChI is InChI=1S/C24H21NO4S/c1-17-7-6-8-18(15-17)28-14-13-24(27)29-16-23(26)25-19-9-2-4-11-21(19)30-22-12-5-3-10-20(22)25/h2-12,15H,13-14,16H2,1H3. The van der Waals surface area contributed by atoms with Crippen molar-refractivity contribution in [2.45, 2.75) is 23.1 Å². The van der Waals surface area contributed by atoms with Gasteiger partial charge in [-0.3, -0.25) is 14.5 Å². The maximum Gasteiger partial charge on any atom is 0.309 e. The summed E-state index contributed by atoms with van der Waals surface area (Å²) < 4.78 is 10.8. The normalized spacial score (nSPS) is 12.0. The number of ether oxygens (including phenoxy) is 2. The number of carbonyl (C=O) groups excluding carboxylic acids is 2. The fraction of sp³-hybridized carbons (Fsp3) is 0.167. The van der Waals surface area contributed by atoms with Gasteiger partial charge in [0, 0.05) is 9.79 Å². The highest BCUT2D eigenvalue weighted by Crippen LogP contribution is 2.47. The fourth-order valence-corrected chi connectivity index (χ4v) is 4.27. The zero-order valence-electron chi connectivity index (χ0n) is 16.5. The van der Waals surface area contributed by atoms with Gasteiger partial charge in [0.25, 0.3) is 5.91 Å². The van der Waals surface area contributed by atoms with Gasteiger partial charge < -0.3 is 9.47 Å². The van der Waals surface area contributed by atoms with Crippen LogP contribution in [-0.2, 0) is 14.3 Å². The summed E-state index contributed by atoms with van der Waals surface area (Å²) in [6, 6.07) is 23.0. The van der Waals surface area contributed by atoms with E-state index in [9.17, 15) is 9.59 Å². The molecule has 0 unspecified atom stereocenters. The third-order valence-corrected chi connectivity index (χ3v) is 5.73. The number of hydrogen-bond acceptors (Lipinski definition) is 5. The Kier molecular flexibility index (Phi) is 6.05. The molecule has 0 spiro atoms. The van der Waals surface area contributed by atoms with Crippen LogP contribution in [0.5, 0.6) is 5.75 Å². The summed E-state index contributed by atoms with van der Waals surface area (Å²) in [4.78, 5) is 28.7. The van der Waals surface area contributed by atoms with Crippen LogP contribution in [0.4, 0.5) is 11.4 Å². The Hall–Kier alpha value is -3.25. The lowest BCUT2D eigenvalue weighted by atomic mass is 10.2. The van der Waals surface area contributed by atoms with Crippen molar-refractivity contribution in [1.29, 1.82) is 0 Å². The lowest BCUT2D eigenvalue weighted by molar-refractivity contribution is -0.148. The van der Waals surface area contributed by atoms with Gasteiger partial charge in [0.1, 0.15) is 5.75 Å². The van der Waals surface area contributed by atoms with Crippen LogP contribution in [0, 0.1) is 6.92 Å². The van der Waals surface area contributed by atoms with Gasteiger partial charge in [0.05, 0.1) is 24.4 Å². The minimum absolute atomic E-state index is 0.0737. The van der Waals surface area contributed by atoms with Gasteiger partial charge in [-0.1, -0.05) is 48.2 Å². The molecule has 3 aromatic carbocycles. The van der Waals surface area contributed by atoms with E-state index in [0.717, 1.165) is 26.7 Å². The van der Waals surface area contributed by atoms with Crippen molar-refractivity contribution in [1.82, 2.24) is 0 Å². The molecule has 0 fully saturated rings. The smallest absolute Gasteiger partial charge is 0.309 e. The van der Waals surface area contributed by atoms with Crippen molar-refractivity contribution >= 4 is 35.0 Å². The van der Waals surface area contributed by atoms with Crippen molar-refractivity contribution in [2.24, 2.45) is 0 Å². The quantitative estimate of drug-likeness (QED) is 0.518. The molecule has 0 atom stereocenters. The maximum atomic E-state index is 13.0. The van der Waals surface area contributed by atoms with E-state index in [1.807, 2.05) is 79.7 Å². The molecule has 30 heavy (non-hydrogen) atoms. The highest BCUT2D eigenvalue weighted by Gasteiger charge is 2.28. The zero-order valence-corrected chi connectivity index (χ0v) is 17.4. The summed E-state index contributed by atoms with van der Waals surface area (Å²) >= 11 is 1.62. The number of hydrogen-bond donors (Lipinski definition) is 0. The van der Waals surface area contributed by atoms with E-state index in [-0.39, 0.29) is 25.5 Å². The predicted octanol–water partition coefficient (Wildman–Crippen LogP) is 5.14.